The van der Waals surface area contributed by atoms with Crippen LogP contribution in [-0.2, 0) is 6.18 Å². The largest absolute Gasteiger partial charge is 0.507 e. The molecule has 0 aliphatic carbocycles. The number of hydrogen-bond donors (Lipinski definition) is 1. The first-order valence-corrected chi connectivity index (χ1v) is 3.78. The molecular formula is C8H6F3NO3. The molecule has 0 amide bonds. The van der Waals surface area contributed by atoms with Crippen LogP contribution >= 0.6 is 0 Å². The molecule has 0 heterocycles. The van der Waals surface area contributed by atoms with E-state index in [0.29, 0.717) is 6.07 Å². The van der Waals surface area contributed by atoms with Crippen molar-refractivity contribution in [3.63, 3.8) is 0 Å². The van der Waals surface area contributed by atoms with Gasteiger partial charge in [-0.1, -0.05) is 0 Å². The van der Waals surface area contributed by atoms with Gasteiger partial charge in [0.05, 0.1) is 11.0 Å². The van der Waals surface area contributed by atoms with E-state index in [4.69, 9.17) is 5.11 Å². The van der Waals surface area contributed by atoms with Crippen LogP contribution in [0.15, 0.2) is 12.1 Å². The molecule has 0 aliphatic heterocycles. The summed E-state index contributed by atoms with van der Waals surface area (Å²) < 4.78 is 36.9. The Morgan fingerprint density at radius 1 is 1.40 bits per heavy atom. The number of rotatable bonds is 1. The van der Waals surface area contributed by atoms with Gasteiger partial charge in [-0.15, -0.1) is 0 Å². The number of aromatic hydroxyl groups is 1. The Morgan fingerprint density at radius 3 is 2.27 bits per heavy atom. The van der Waals surface area contributed by atoms with Crippen molar-refractivity contribution in [2.75, 3.05) is 0 Å². The number of alkyl halides is 3. The summed E-state index contributed by atoms with van der Waals surface area (Å²) in [5.74, 6) is -1.13. The number of nitro groups is 1. The van der Waals surface area contributed by atoms with Gasteiger partial charge in [0.25, 0.3) is 5.69 Å². The van der Waals surface area contributed by atoms with Gasteiger partial charge in [0, 0.05) is 6.07 Å². The number of benzene rings is 1. The average molecular weight is 221 g/mol. The smallest absolute Gasteiger partial charge is 0.420 e. The molecule has 1 aromatic rings. The molecule has 0 bridgehead atoms. The minimum absolute atomic E-state index is 0.380. The third-order valence-corrected chi connectivity index (χ3v) is 1.79. The summed E-state index contributed by atoms with van der Waals surface area (Å²) in [6.45, 7) is 1.05. The number of phenols is 1. The lowest BCUT2D eigenvalue weighted by atomic mass is 10.1. The fourth-order valence-electron chi connectivity index (χ4n) is 1.22. The highest BCUT2D eigenvalue weighted by atomic mass is 19.4. The van der Waals surface area contributed by atoms with E-state index in [-0.39, 0.29) is 5.56 Å². The van der Waals surface area contributed by atoms with E-state index >= 15 is 0 Å². The number of halogens is 3. The molecule has 0 aromatic heterocycles. The van der Waals surface area contributed by atoms with Crippen LogP contribution < -0.4 is 0 Å². The van der Waals surface area contributed by atoms with Crippen molar-refractivity contribution in [2.24, 2.45) is 0 Å². The summed E-state index contributed by atoms with van der Waals surface area (Å²) in [4.78, 5) is 9.41. The highest BCUT2D eigenvalue weighted by molar-refractivity contribution is 5.49. The van der Waals surface area contributed by atoms with Crippen molar-refractivity contribution in [2.45, 2.75) is 13.1 Å². The van der Waals surface area contributed by atoms with Crippen LogP contribution in [0.2, 0.25) is 0 Å². The summed E-state index contributed by atoms with van der Waals surface area (Å²) in [5.41, 5.74) is -2.19. The first kappa shape index (κ1) is 11.3. The van der Waals surface area contributed by atoms with E-state index in [1.807, 2.05) is 0 Å². The summed E-state index contributed by atoms with van der Waals surface area (Å²) in [6, 6.07) is 1.25. The second-order valence-electron chi connectivity index (χ2n) is 2.91. The van der Waals surface area contributed by atoms with Crippen LogP contribution in [0.5, 0.6) is 5.75 Å². The van der Waals surface area contributed by atoms with Gasteiger partial charge in [0.1, 0.15) is 11.3 Å². The predicted octanol–water partition coefficient (Wildman–Crippen LogP) is 2.63. The standard InChI is InChI=1S/C8H6F3NO3/c1-4-2-5(12(14)15)3-6(13)7(4)8(9,10)11/h2-3,13H,1H3. The SMILES string of the molecule is Cc1cc([N+](=O)[O-])cc(O)c1C(F)(F)F. The van der Waals surface area contributed by atoms with Crippen LogP contribution in [0.3, 0.4) is 0 Å². The lowest BCUT2D eigenvalue weighted by Gasteiger charge is -2.11. The maximum Gasteiger partial charge on any atom is 0.420 e. The molecule has 15 heavy (non-hydrogen) atoms. The highest BCUT2D eigenvalue weighted by Crippen LogP contribution is 2.39. The van der Waals surface area contributed by atoms with Crippen LogP contribution in [0.25, 0.3) is 0 Å². The molecule has 0 saturated heterocycles. The first-order chi connectivity index (χ1) is 6.73. The number of non-ortho nitro benzene ring substituents is 1. The van der Waals surface area contributed by atoms with E-state index in [0.717, 1.165) is 13.0 Å². The third-order valence-electron chi connectivity index (χ3n) is 1.79. The number of aryl methyl sites for hydroxylation is 1. The van der Waals surface area contributed by atoms with E-state index in [2.05, 4.69) is 0 Å². The fraction of sp³-hybridized carbons (Fsp3) is 0.250. The Morgan fingerprint density at radius 2 is 1.93 bits per heavy atom. The molecule has 1 rings (SSSR count). The quantitative estimate of drug-likeness (QED) is 0.585. The molecule has 0 fully saturated rings. The topological polar surface area (TPSA) is 63.4 Å². The fourth-order valence-corrected chi connectivity index (χ4v) is 1.22. The lowest BCUT2D eigenvalue weighted by molar-refractivity contribution is -0.385. The molecule has 0 saturated carbocycles. The van der Waals surface area contributed by atoms with Crippen molar-refractivity contribution >= 4 is 5.69 Å². The van der Waals surface area contributed by atoms with Crippen molar-refractivity contribution in [3.8, 4) is 5.75 Å². The first-order valence-electron chi connectivity index (χ1n) is 3.78. The Bertz CT molecular complexity index is 391. The van der Waals surface area contributed by atoms with Crippen molar-refractivity contribution < 1.29 is 23.2 Å². The molecule has 0 unspecified atom stereocenters. The molecule has 0 aliphatic rings. The van der Waals surface area contributed by atoms with E-state index in [1.54, 1.807) is 0 Å². The molecule has 1 aromatic carbocycles. The summed E-state index contributed by atoms with van der Waals surface area (Å²) in [6.07, 6.45) is -4.72. The zero-order valence-electron chi connectivity index (χ0n) is 7.50. The summed E-state index contributed by atoms with van der Waals surface area (Å²) in [5, 5.41) is 19.3. The summed E-state index contributed by atoms with van der Waals surface area (Å²) >= 11 is 0. The van der Waals surface area contributed by atoms with Crippen molar-refractivity contribution in [1.82, 2.24) is 0 Å². The van der Waals surface area contributed by atoms with Gasteiger partial charge in [-0.2, -0.15) is 13.2 Å². The Hall–Kier alpha value is -1.79. The second kappa shape index (κ2) is 3.41. The van der Waals surface area contributed by atoms with Crippen LogP contribution in [0.4, 0.5) is 18.9 Å². The van der Waals surface area contributed by atoms with Gasteiger partial charge < -0.3 is 5.11 Å². The van der Waals surface area contributed by atoms with Gasteiger partial charge in [-0.25, -0.2) is 0 Å². The van der Waals surface area contributed by atoms with Crippen LogP contribution in [0.1, 0.15) is 11.1 Å². The molecule has 0 atom stereocenters. The molecule has 82 valence electrons. The van der Waals surface area contributed by atoms with Gasteiger partial charge >= 0.3 is 6.18 Å². The van der Waals surface area contributed by atoms with E-state index in [9.17, 15) is 23.3 Å². The third kappa shape index (κ3) is 2.17. The monoisotopic (exact) mass is 221 g/mol. The average Bonchev–Trinajstić information content (AvgIpc) is 1.99. The van der Waals surface area contributed by atoms with Gasteiger partial charge in [0.15, 0.2) is 0 Å². The normalized spacial score (nSPS) is 11.5. The van der Waals surface area contributed by atoms with Gasteiger partial charge in [0.2, 0.25) is 0 Å². The number of nitrogens with zero attached hydrogens (tertiary/aromatic N) is 1. The number of phenolic OH excluding ortho intramolecular Hbond substituents is 1. The minimum Gasteiger partial charge on any atom is -0.507 e. The maximum atomic E-state index is 12.3. The summed E-state index contributed by atoms with van der Waals surface area (Å²) in [7, 11) is 0. The molecular weight excluding hydrogens is 215 g/mol. The molecule has 0 radical (unpaired) electrons. The van der Waals surface area contributed by atoms with Gasteiger partial charge in [-0.05, 0) is 12.5 Å². The lowest BCUT2D eigenvalue weighted by Crippen LogP contribution is -2.08. The number of hydrogen-bond acceptors (Lipinski definition) is 3. The zero-order valence-corrected chi connectivity index (χ0v) is 7.50. The molecule has 4 nitrogen and oxygen atoms in total. The van der Waals surface area contributed by atoms with Gasteiger partial charge in [-0.3, -0.25) is 10.1 Å². The zero-order chi connectivity index (χ0) is 11.8. The molecule has 7 heteroatoms. The predicted molar refractivity (Wildman–Crippen MR) is 44.5 cm³/mol. The van der Waals surface area contributed by atoms with Crippen molar-refractivity contribution in [3.05, 3.63) is 33.4 Å². The Balaban J connectivity index is 3.41. The van der Waals surface area contributed by atoms with E-state index < -0.39 is 28.1 Å². The minimum atomic E-state index is -4.72. The van der Waals surface area contributed by atoms with Crippen molar-refractivity contribution in [1.29, 1.82) is 0 Å². The van der Waals surface area contributed by atoms with Crippen LogP contribution in [0, 0.1) is 17.0 Å². The highest BCUT2D eigenvalue weighted by Gasteiger charge is 2.36. The Labute approximate surface area is 82.1 Å². The second-order valence-corrected chi connectivity index (χ2v) is 2.91. The van der Waals surface area contributed by atoms with E-state index in [1.165, 1.54) is 0 Å². The Kier molecular flexibility index (Phi) is 2.57. The maximum absolute atomic E-state index is 12.3. The van der Waals surface area contributed by atoms with Crippen LogP contribution in [-0.4, -0.2) is 10.0 Å². The number of nitro benzene ring substituents is 1. The molecule has 0 spiro atoms. The molecule has 1 N–H and O–H groups in total.